The minimum Gasteiger partial charge on any atom is -0.460 e. The molecule has 1 heterocycles. The molecule has 2 fully saturated rings. The molecule has 2 aliphatic rings. The number of nitrogens with one attached hydrogen (secondary N) is 1. The van der Waals surface area contributed by atoms with Gasteiger partial charge in [0.25, 0.3) is 0 Å². The zero-order valence-electron chi connectivity index (χ0n) is 26.3. The average molecular weight is 599 g/mol. The first kappa shape index (κ1) is 31.7. The maximum atomic E-state index is 12.8. The summed E-state index contributed by atoms with van der Waals surface area (Å²) in [6.45, 7) is 9.74. The molecule has 1 aliphatic heterocycles. The van der Waals surface area contributed by atoms with Gasteiger partial charge in [-0.1, -0.05) is 72.8 Å². The number of benzene rings is 3. The van der Waals surface area contributed by atoms with Crippen molar-refractivity contribution in [2.45, 2.75) is 64.6 Å². The summed E-state index contributed by atoms with van der Waals surface area (Å²) in [5, 5.41) is 2.99. The van der Waals surface area contributed by atoms with Gasteiger partial charge in [-0.25, -0.2) is 4.79 Å². The molecule has 3 aromatic rings. The molecule has 0 radical (unpaired) electrons. The van der Waals surface area contributed by atoms with Gasteiger partial charge in [0, 0.05) is 25.2 Å². The predicted octanol–water partition coefficient (Wildman–Crippen LogP) is 7.15. The fraction of sp³-hybridized carbons (Fsp3) is 0.459. The van der Waals surface area contributed by atoms with Gasteiger partial charge < -0.3 is 19.1 Å². The van der Waals surface area contributed by atoms with Gasteiger partial charge in [-0.05, 0) is 81.0 Å². The lowest BCUT2D eigenvalue weighted by Gasteiger charge is -2.20. The van der Waals surface area contributed by atoms with E-state index in [1.54, 1.807) is 0 Å². The van der Waals surface area contributed by atoms with Crippen molar-refractivity contribution in [1.82, 2.24) is 4.90 Å². The van der Waals surface area contributed by atoms with Gasteiger partial charge in [0.15, 0.2) is 0 Å². The van der Waals surface area contributed by atoms with E-state index in [0.717, 1.165) is 62.1 Å². The molecule has 1 unspecified atom stereocenters. The highest BCUT2D eigenvalue weighted by Gasteiger charge is 2.42. The fourth-order valence-corrected chi connectivity index (χ4v) is 6.44. The topological polar surface area (TPSA) is 77.1 Å². The Hall–Kier alpha value is -3.68. The first-order valence-electron chi connectivity index (χ1n) is 15.9. The third-order valence-electron chi connectivity index (χ3n) is 8.42. The van der Waals surface area contributed by atoms with E-state index in [-0.39, 0.29) is 24.6 Å². The number of carbonyl (C=O) groups is 2. The van der Waals surface area contributed by atoms with E-state index in [2.05, 4.69) is 34.5 Å². The average Bonchev–Trinajstić information content (AvgIpc) is 3.54. The van der Waals surface area contributed by atoms with Crippen LogP contribution in [0.3, 0.4) is 0 Å². The first-order chi connectivity index (χ1) is 21.2. The number of hydrogen-bond donors (Lipinski definition) is 1. The molecule has 1 N–H and O–H groups in total. The van der Waals surface area contributed by atoms with Crippen LogP contribution in [0.25, 0.3) is 11.1 Å². The standard InChI is InChI=1S/C37H46N2O5/c1-37(2,3)44-35(40)18-21-42-20-17-28-11-9-10-27(22-28)16-19-39-25-30-23-32(24-31(30)26-39)43-36(41)38-34-15-8-7-14-33(34)29-12-5-4-6-13-29/h4-15,22,30-32H,16-21,23-26H2,1-3H3,(H,38,41)/t30-,31+,32?. The quantitative estimate of drug-likeness (QED) is 0.176. The summed E-state index contributed by atoms with van der Waals surface area (Å²) in [5.74, 6) is 0.932. The van der Waals surface area contributed by atoms with Crippen LogP contribution in [0.5, 0.6) is 0 Å². The number of esters is 1. The van der Waals surface area contributed by atoms with Crippen molar-refractivity contribution in [3.05, 3.63) is 90.0 Å². The summed E-state index contributed by atoms with van der Waals surface area (Å²) >= 11 is 0. The molecule has 1 amide bonds. The van der Waals surface area contributed by atoms with Crippen molar-refractivity contribution in [2.24, 2.45) is 11.8 Å². The highest BCUT2D eigenvalue weighted by Crippen LogP contribution is 2.39. The minimum absolute atomic E-state index is 0.0286. The lowest BCUT2D eigenvalue weighted by atomic mass is 10.0. The number of hydrogen-bond acceptors (Lipinski definition) is 6. The first-order valence-corrected chi connectivity index (χ1v) is 15.9. The second-order valence-electron chi connectivity index (χ2n) is 13.1. The molecule has 7 heteroatoms. The van der Waals surface area contributed by atoms with Crippen molar-refractivity contribution in [2.75, 3.05) is 38.2 Å². The summed E-state index contributed by atoms with van der Waals surface area (Å²) in [4.78, 5) is 27.2. The molecule has 1 saturated heterocycles. The van der Waals surface area contributed by atoms with Crippen molar-refractivity contribution in [3.63, 3.8) is 0 Å². The lowest BCUT2D eigenvalue weighted by molar-refractivity contribution is -0.156. The van der Waals surface area contributed by atoms with E-state index in [9.17, 15) is 9.59 Å². The summed E-state index contributed by atoms with van der Waals surface area (Å²) in [6.07, 6.45) is 3.57. The summed E-state index contributed by atoms with van der Waals surface area (Å²) in [7, 11) is 0. The van der Waals surface area contributed by atoms with Crippen LogP contribution >= 0.6 is 0 Å². The number of rotatable bonds is 12. The van der Waals surface area contributed by atoms with Gasteiger partial charge in [0.2, 0.25) is 0 Å². The maximum absolute atomic E-state index is 12.8. The molecular formula is C37H46N2O5. The predicted molar refractivity (Wildman–Crippen MR) is 174 cm³/mol. The molecule has 234 valence electrons. The van der Waals surface area contributed by atoms with Crippen molar-refractivity contribution in [3.8, 4) is 11.1 Å². The van der Waals surface area contributed by atoms with E-state index >= 15 is 0 Å². The Morgan fingerprint density at radius 1 is 0.841 bits per heavy atom. The third-order valence-corrected chi connectivity index (χ3v) is 8.42. The van der Waals surface area contributed by atoms with Gasteiger partial charge in [0.1, 0.15) is 11.7 Å². The number of fused-ring (bicyclic) bond motifs is 1. The minimum atomic E-state index is -0.461. The smallest absolute Gasteiger partial charge is 0.411 e. The number of anilines is 1. The molecule has 0 aromatic heterocycles. The van der Waals surface area contributed by atoms with Crippen molar-refractivity contribution >= 4 is 17.7 Å². The van der Waals surface area contributed by atoms with E-state index in [1.165, 1.54) is 11.1 Å². The Kier molecular flexibility index (Phi) is 10.7. The largest absolute Gasteiger partial charge is 0.460 e. The highest BCUT2D eigenvalue weighted by molar-refractivity contribution is 5.91. The molecular weight excluding hydrogens is 552 g/mol. The molecule has 1 saturated carbocycles. The number of amides is 1. The van der Waals surface area contributed by atoms with Crippen LogP contribution < -0.4 is 5.32 Å². The Morgan fingerprint density at radius 2 is 1.52 bits per heavy atom. The van der Waals surface area contributed by atoms with Crippen LogP contribution in [0.4, 0.5) is 10.5 Å². The van der Waals surface area contributed by atoms with Gasteiger partial charge >= 0.3 is 12.1 Å². The van der Waals surface area contributed by atoms with Gasteiger partial charge in [-0.3, -0.25) is 10.1 Å². The SMILES string of the molecule is CC(C)(C)OC(=O)CCOCCc1cccc(CCN2C[C@H]3CC(OC(=O)Nc4ccccc4-c4ccccc4)C[C@H]3C2)c1. The number of carbonyl (C=O) groups excluding carboxylic acids is 2. The van der Waals surface area contributed by atoms with Crippen LogP contribution in [0, 0.1) is 11.8 Å². The zero-order chi connectivity index (χ0) is 30.9. The number of ether oxygens (including phenoxy) is 3. The summed E-state index contributed by atoms with van der Waals surface area (Å²) < 4.78 is 16.9. The van der Waals surface area contributed by atoms with Gasteiger partial charge in [-0.2, -0.15) is 0 Å². The molecule has 44 heavy (non-hydrogen) atoms. The molecule has 5 rings (SSSR count). The summed E-state index contributed by atoms with van der Waals surface area (Å²) in [6, 6.07) is 26.6. The molecule has 3 aromatic carbocycles. The van der Waals surface area contributed by atoms with E-state index < -0.39 is 5.60 Å². The molecule has 0 spiro atoms. The van der Waals surface area contributed by atoms with Crippen LogP contribution in [0.2, 0.25) is 0 Å². The van der Waals surface area contributed by atoms with E-state index in [1.807, 2.05) is 75.4 Å². The number of nitrogens with zero attached hydrogens (tertiary/aromatic N) is 1. The highest BCUT2D eigenvalue weighted by atomic mass is 16.6. The zero-order valence-corrected chi connectivity index (χ0v) is 26.3. The Morgan fingerprint density at radius 3 is 2.25 bits per heavy atom. The fourth-order valence-electron chi connectivity index (χ4n) is 6.44. The number of likely N-dealkylation sites (tertiary alicyclic amines) is 1. The van der Waals surface area contributed by atoms with E-state index in [0.29, 0.717) is 25.0 Å². The van der Waals surface area contributed by atoms with Crippen LogP contribution in [0.15, 0.2) is 78.9 Å². The second-order valence-corrected chi connectivity index (χ2v) is 13.1. The van der Waals surface area contributed by atoms with E-state index in [4.69, 9.17) is 14.2 Å². The van der Waals surface area contributed by atoms with Gasteiger partial charge in [0.05, 0.1) is 25.3 Å². The molecule has 3 atom stereocenters. The van der Waals surface area contributed by atoms with Crippen molar-refractivity contribution in [1.29, 1.82) is 0 Å². The molecule has 0 bridgehead atoms. The van der Waals surface area contributed by atoms with Crippen LogP contribution in [0.1, 0.15) is 51.2 Å². The molecule has 7 nitrogen and oxygen atoms in total. The Bertz CT molecular complexity index is 1370. The van der Waals surface area contributed by atoms with Crippen LogP contribution in [-0.2, 0) is 31.8 Å². The van der Waals surface area contributed by atoms with Crippen molar-refractivity contribution < 1.29 is 23.8 Å². The van der Waals surface area contributed by atoms with Crippen LogP contribution in [-0.4, -0.2) is 61.5 Å². The number of para-hydroxylation sites is 1. The van der Waals surface area contributed by atoms with Gasteiger partial charge in [-0.15, -0.1) is 0 Å². The third kappa shape index (κ3) is 9.41. The summed E-state index contributed by atoms with van der Waals surface area (Å²) in [5.41, 5.74) is 4.94. The molecule has 1 aliphatic carbocycles. The normalized spacial score (nSPS) is 19.8. The second kappa shape index (κ2) is 14.9. The monoisotopic (exact) mass is 598 g/mol. The Labute approximate surface area is 261 Å². The Balaban J connectivity index is 0.999. The maximum Gasteiger partial charge on any atom is 0.411 e. The lowest BCUT2D eigenvalue weighted by Crippen LogP contribution is -2.27.